The van der Waals surface area contributed by atoms with E-state index in [9.17, 15) is 9.59 Å². The fraction of sp³-hybridized carbons (Fsp3) is 0.333. The lowest BCUT2D eigenvalue weighted by Gasteiger charge is -2.10. The van der Waals surface area contributed by atoms with Gasteiger partial charge in [-0.05, 0) is 56.0 Å². The van der Waals surface area contributed by atoms with Crippen molar-refractivity contribution in [2.45, 2.75) is 39.8 Å². The molecule has 0 atom stereocenters. The highest BCUT2D eigenvalue weighted by atomic mass is 16.2. The van der Waals surface area contributed by atoms with Crippen molar-refractivity contribution in [1.82, 2.24) is 16.0 Å². The quantitative estimate of drug-likeness (QED) is 0.715. The summed E-state index contributed by atoms with van der Waals surface area (Å²) in [5.74, 6) is -0.0874. The normalized spacial score (nSPS) is 10.5. The van der Waals surface area contributed by atoms with Crippen molar-refractivity contribution in [2.75, 3.05) is 6.54 Å². The van der Waals surface area contributed by atoms with E-state index in [1.54, 1.807) is 12.1 Å². The zero-order chi connectivity index (χ0) is 18.9. The van der Waals surface area contributed by atoms with E-state index in [1.807, 2.05) is 38.1 Å². The third-order valence-electron chi connectivity index (χ3n) is 4.03. The van der Waals surface area contributed by atoms with Gasteiger partial charge in [0.25, 0.3) is 5.91 Å². The van der Waals surface area contributed by atoms with Gasteiger partial charge in [-0.1, -0.05) is 36.4 Å². The first-order valence-electron chi connectivity index (χ1n) is 8.91. The largest absolute Gasteiger partial charge is 0.352 e. The summed E-state index contributed by atoms with van der Waals surface area (Å²) in [5, 5.41) is 8.50. The van der Waals surface area contributed by atoms with Gasteiger partial charge in [0.2, 0.25) is 0 Å². The Bertz CT molecular complexity index is 739. The maximum Gasteiger partial charge on any atom is 0.315 e. The van der Waals surface area contributed by atoms with E-state index in [2.05, 4.69) is 35.0 Å². The second-order valence-electron chi connectivity index (χ2n) is 6.61. The number of rotatable bonds is 7. The molecule has 0 radical (unpaired) electrons. The molecule has 0 bridgehead atoms. The van der Waals surface area contributed by atoms with Gasteiger partial charge in [0.05, 0.1) is 0 Å². The van der Waals surface area contributed by atoms with Crippen molar-refractivity contribution in [2.24, 2.45) is 0 Å². The van der Waals surface area contributed by atoms with E-state index in [-0.39, 0.29) is 18.0 Å². The van der Waals surface area contributed by atoms with Crippen molar-refractivity contribution >= 4 is 11.9 Å². The summed E-state index contributed by atoms with van der Waals surface area (Å²) in [7, 11) is 0. The van der Waals surface area contributed by atoms with E-state index < -0.39 is 0 Å². The molecule has 138 valence electrons. The minimum absolute atomic E-state index is 0.0874. The number of hydrogen-bond acceptors (Lipinski definition) is 2. The molecule has 2 rings (SSSR count). The van der Waals surface area contributed by atoms with E-state index in [1.165, 1.54) is 11.1 Å². The lowest BCUT2D eigenvalue weighted by Crippen LogP contribution is -2.39. The number of hydrogen-bond donors (Lipinski definition) is 3. The van der Waals surface area contributed by atoms with Gasteiger partial charge >= 0.3 is 6.03 Å². The molecule has 3 amide bonds. The predicted molar refractivity (Wildman–Crippen MR) is 104 cm³/mol. The molecule has 26 heavy (non-hydrogen) atoms. The van der Waals surface area contributed by atoms with Gasteiger partial charge in [-0.3, -0.25) is 4.79 Å². The highest BCUT2D eigenvalue weighted by Gasteiger charge is 2.06. The Morgan fingerprint density at radius 1 is 0.962 bits per heavy atom. The Morgan fingerprint density at radius 3 is 2.31 bits per heavy atom. The number of carbonyl (C=O) groups excluding carboxylic acids is 2. The van der Waals surface area contributed by atoms with Crippen LogP contribution in [0.1, 0.15) is 40.9 Å². The van der Waals surface area contributed by atoms with Crippen LogP contribution in [0.2, 0.25) is 0 Å². The van der Waals surface area contributed by atoms with Crippen LogP contribution in [0.25, 0.3) is 0 Å². The molecule has 3 N–H and O–H groups in total. The molecule has 0 saturated carbocycles. The third-order valence-corrected chi connectivity index (χ3v) is 4.03. The summed E-state index contributed by atoms with van der Waals surface area (Å²) in [6.45, 7) is 6.92. The van der Waals surface area contributed by atoms with Crippen LogP contribution < -0.4 is 16.0 Å². The average Bonchev–Trinajstić information content (AvgIpc) is 2.61. The fourth-order valence-electron chi connectivity index (χ4n) is 2.57. The summed E-state index contributed by atoms with van der Waals surface area (Å²) < 4.78 is 0. The molecule has 0 heterocycles. The van der Waals surface area contributed by atoms with Crippen LogP contribution in [0.3, 0.4) is 0 Å². The summed E-state index contributed by atoms with van der Waals surface area (Å²) in [6.07, 6.45) is 0.811. The summed E-state index contributed by atoms with van der Waals surface area (Å²) in [6, 6.07) is 15.3. The number of aryl methyl sites for hydroxylation is 1. The Balaban J connectivity index is 1.79. The monoisotopic (exact) mass is 353 g/mol. The summed E-state index contributed by atoms with van der Waals surface area (Å²) >= 11 is 0. The second kappa shape index (κ2) is 9.61. The molecule has 2 aromatic carbocycles. The van der Waals surface area contributed by atoms with Crippen molar-refractivity contribution in [1.29, 1.82) is 0 Å². The molecule has 0 aliphatic carbocycles. The van der Waals surface area contributed by atoms with Crippen LogP contribution in [0.15, 0.2) is 48.5 Å². The number of carbonyl (C=O) groups is 2. The number of amides is 3. The van der Waals surface area contributed by atoms with Crippen LogP contribution in [-0.2, 0) is 13.0 Å². The Kier molecular flexibility index (Phi) is 7.21. The predicted octanol–water partition coefficient (Wildman–Crippen LogP) is 3.18. The Hall–Kier alpha value is -2.82. The summed E-state index contributed by atoms with van der Waals surface area (Å²) in [4.78, 5) is 23.8. The SMILES string of the molecule is Cc1ccccc1CCNC(=O)c1ccc(CNC(=O)NC(C)C)cc1. The van der Waals surface area contributed by atoms with E-state index in [0.717, 1.165) is 12.0 Å². The minimum atomic E-state index is -0.196. The molecular formula is C21H27N3O2. The molecule has 5 heteroatoms. The van der Waals surface area contributed by atoms with Crippen molar-refractivity contribution in [3.05, 3.63) is 70.8 Å². The standard InChI is InChI=1S/C21H27N3O2/c1-15(2)24-21(26)23-14-17-8-10-19(11-9-17)20(25)22-13-12-18-7-5-4-6-16(18)3/h4-11,15H,12-14H2,1-3H3,(H,22,25)(H2,23,24,26). The van der Waals surface area contributed by atoms with E-state index >= 15 is 0 Å². The fourth-order valence-corrected chi connectivity index (χ4v) is 2.57. The van der Waals surface area contributed by atoms with Gasteiger partial charge in [-0.2, -0.15) is 0 Å². The molecular weight excluding hydrogens is 326 g/mol. The molecule has 5 nitrogen and oxygen atoms in total. The van der Waals surface area contributed by atoms with Gasteiger partial charge in [-0.25, -0.2) is 4.79 Å². The lowest BCUT2D eigenvalue weighted by molar-refractivity contribution is 0.0954. The molecule has 0 aromatic heterocycles. The second-order valence-corrected chi connectivity index (χ2v) is 6.61. The van der Waals surface area contributed by atoms with Gasteiger partial charge in [0.1, 0.15) is 0 Å². The maximum atomic E-state index is 12.2. The molecule has 0 aliphatic heterocycles. The summed E-state index contributed by atoms with van der Waals surface area (Å²) in [5.41, 5.74) is 4.04. The highest BCUT2D eigenvalue weighted by molar-refractivity contribution is 5.94. The van der Waals surface area contributed by atoms with Crippen LogP contribution in [-0.4, -0.2) is 24.5 Å². The maximum absolute atomic E-state index is 12.2. The molecule has 2 aromatic rings. The van der Waals surface area contributed by atoms with E-state index in [0.29, 0.717) is 18.7 Å². The molecule has 0 unspecified atom stereocenters. The van der Waals surface area contributed by atoms with Crippen LogP contribution >= 0.6 is 0 Å². The van der Waals surface area contributed by atoms with E-state index in [4.69, 9.17) is 0 Å². The van der Waals surface area contributed by atoms with Gasteiger partial charge < -0.3 is 16.0 Å². The van der Waals surface area contributed by atoms with Crippen molar-refractivity contribution in [3.63, 3.8) is 0 Å². The number of nitrogens with one attached hydrogen (secondary N) is 3. The smallest absolute Gasteiger partial charge is 0.315 e. The lowest BCUT2D eigenvalue weighted by atomic mass is 10.1. The third kappa shape index (κ3) is 6.24. The van der Waals surface area contributed by atoms with Gasteiger partial charge in [-0.15, -0.1) is 0 Å². The van der Waals surface area contributed by atoms with Crippen LogP contribution in [0.5, 0.6) is 0 Å². The molecule has 0 aliphatic rings. The van der Waals surface area contributed by atoms with Crippen molar-refractivity contribution in [3.8, 4) is 0 Å². The highest BCUT2D eigenvalue weighted by Crippen LogP contribution is 2.08. The first-order valence-corrected chi connectivity index (χ1v) is 8.91. The van der Waals surface area contributed by atoms with Crippen LogP contribution in [0, 0.1) is 6.92 Å². The zero-order valence-corrected chi connectivity index (χ0v) is 15.6. The van der Waals surface area contributed by atoms with Crippen molar-refractivity contribution < 1.29 is 9.59 Å². The first kappa shape index (κ1) is 19.5. The molecule has 0 fully saturated rings. The zero-order valence-electron chi connectivity index (χ0n) is 15.6. The molecule has 0 saturated heterocycles. The molecule has 0 spiro atoms. The topological polar surface area (TPSA) is 70.2 Å². The number of urea groups is 1. The number of benzene rings is 2. The van der Waals surface area contributed by atoms with Gasteiger partial charge in [0.15, 0.2) is 0 Å². The first-order chi connectivity index (χ1) is 12.5. The Morgan fingerprint density at radius 2 is 1.65 bits per heavy atom. The Labute approximate surface area is 155 Å². The minimum Gasteiger partial charge on any atom is -0.352 e. The van der Waals surface area contributed by atoms with Crippen LogP contribution in [0.4, 0.5) is 4.79 Å². The van der Waals surface area contributed by atoms with Gasteiger partial charge in [0, 0.05) is 24.7 Å². The average molecular weight is 353 g/mol.